The molecule has 142 valence electrons. The van der Waals surface area contributed by atoms with Crippen LogP contribution >= 0.6 is 0 Å². The van der Waals surface area contributed by atoms with Crippen LogP contribution in [0.5, 0.6) is 0 Å². The van der Waals surface area contributed by atoms with Crippen molar-refractivity contribution in [2.24, 2.45) is 5.11 Å². The maximum atomic E-state index is 12.4. The van der Waals surface area contributed by atoms with Crippen molar-refractivity contribution in [2.75, 3.05) is 11.9 Å². The largest absolute Gasteiger partial charge is 0.394 e. The molecule has 3 unspecified atom stereocenters. The Kier molecular flexibility index (Phi) is 4.85. The first-order chi connectivity index (χ1) is 13.7. The number of nitrogens with one attached hydrogen (secondary N) is 1. The number of azide groups is 1. The Morgan fingerprint density at radius 3 is 2.93 bits per heavy atom. The molecule has 3 heterocycles. The first-order valence-corrected chi connectivity index (χ1v) is 8.55. The van der Waals surface area contributed by atoms with E-state index in [1.54, 1.807) is 28.8 Å². The molecule has 0 radical (unpaired) electrons. The van der Waals surface area contributed by atoms with Crippen molar-refractivity contribution in [2.45, 2.75) is 24.8 Å². The zero-order valence-corrected chi connectivity index (χ0v) is 14.6. The second kappa shape index (κ2) is 7.61. The van der Waals surface area contributed by atoms with Crippen LogP contribution in [0.1, 0.15) is 23.0 Å². The highest BCUT2D eigenvalue weighted by Gasteiger charge is 2.36. The lowest BCUT2D eigenvalue weighted by molar-refractivity contribution is -0.0233. The molecule has 1 fully saturated rings. The molecule has 0 aliphatic carbocycles. The summed E-state index contributed by atoms with van der Waals surface area (Å²) in [6.07, 6.45) is 2.11. The van der Waals surface area contributed by atoms with Crippen LogP contribution in [0, 0.1) is 0 Å². The van der Waals surface area contributed by atoms with E-state index < -0.39 is 18.4 Å². The average Bonchev–Trinajstić information content (AvgIpc) is 3.33. The van der Waals surface area contributed by atoms with Crippen LogP contribution < -0.4 is 5.32 Å². The predicted molar refractivity (Wildman–Crippen MR) is 98.3 cm³/mol. The van der Waals surface area contributed by atoms with Gasteiger partial charge in [-0.2, -0.15) is 0 Å². The minimum absolute atomic E-state index is 0.264. The molecule has 3 aromatic rings. The quantitative estimate of drug-likeness (QED) is 0.393. The maximum Gasteiger partial charge on any atom is 0.256 e. The fourth-order valence-corrected chi connectivity index (χ4v) is 3.16. The summed E-state index contributed by atoms with van der Waals surface area (Å²) in [5.74, 6) is -0.0306. The molecular formula is C17H16N8O3. The van der Waals surface area contributed by atoms with Crippen LogP contribution in [0.2, 0.25) is 0 Å². The monoisotopic (exact) mass is 380 g/mol. The molecule has 1 saturated heterocycles. The first-order valence-electron chi connectivity index (χ1n) is 8.55. The SMILES string of the molecule is [N-]=[N+]=NC1CC(n2cnc3c(NC(=O)c4ccccc4)ncnc32)OC1CO. The van der Waals surface area contributed by atoms with Gasteiger partial charge in [-0.05, 0) is 17.7 Å². The van der Waals surface area contributed by atoms with Crippen molar-refractivity contribution in [1.29, 1.82) is 0 Å². The van der Waals surface area contributed by atoms with Gasteiger partial charge < -0.3 is 15.2 Å². The van der Waals surface area contributed by atoms with Crippen molar-refractivity contribution in [3.05, 3.63) is 59.0 Å². The van der Waals surface area contributed by atoms with E-state index in [2.05, 4.69) is 30.3 Å². The van der Waals surface area contributed by atoms with Crippen LogP contribution in [0.4, 0.5) is 5.82 Å². The number of aromatic nitrogens is 4. The lowest BCUT2D eigenvalue weighted by atomic mass is 10.1. The Hall–Kier alpha value is -3.53. The summed E-state index contributed by atoms with van der Waals surface area (Å²) in [5, 5.41) is 15.9. The Labute approximate surface area is 158 Å². The molecule has 2 N–H and O–H groups in total. The van der Waals surface area contributed by atoms with Crippen molar-refractivity contribution in [1.82, 2.24) is 19.5 Å². The third kappa shape index (κ3) is 3.25. The standard InChI is InChI=1S/C17H16N8O3/c18-24-23-11-6-13(28-12(11)7-26)25-9-21-14-15(19-8-20-16(14)25)22-17(27)10-4-2-1-3-5-10/h1-5,8-9,11-13,26H,6-7H2,(H,19,20,22,27). The molecular weight excluding hydrogens is 364 g/mol. The van der Waals surface area contributed by atoms with Crippen molar-refractivity contribution >= 4 is 22.9 Å². The summed E-state index contributed by atoms with van der Waals surface area (Å²) in [6, 6.07) is 8.28. The van der Waals surface area contributed by atoms with Crippen LogP contribution in [0.3, 0.4) is 0 Å². The number of carbonyl (C=O) groups is 1. The number of imidazole rings is 1. The van der Waals surface area contributed by atoms with E-state index in [-0.39, 0.29) is 18.3 Å². The van der Waals surface area contributed by atoms with Crippen LogP contribution in [0.25, 0.3) is 21.6 Å². The van der Waals surface area contributed by atoms with Gasteiger partial charge in [0.15, 0.2) is 17.0 Å². The van der Waals surface area contributed by atoms with Gasteiger partial charge >= 0.3 is 0 Å². The molecule has 1 aliphatic rings. The van der Waals surface area contributed by atoms with Gasteiger partial charge in [0.1, 0.15) is 12.6 Å². The fourth-order valence-electron chi connectivity index (χ4n) is 3.16. The third-order valence-electron chi connectivity index (χ3n) is 4.52. The van der Waals surface area contributed by atoms with Gasteiger partial charge in [0.05, 0.1) is 25.1 Å². The van der Waals surface area contributed by atoms with Gasteiger partial charge in [0.25, 0.3) is 5.91 Å². The van der Waals surface area contributed by atoms with Crippen molar-refractivity contribution < 1.29 is 14.6 Å². The number of rotatable bonds is 5. The van der Waals surface area contributed by atoms with E-state index in [0.29, 0.717) is 23.1 Å². The first kappa shape index (κ1) is 17.9. The van der Waals surface area contributed by atoms with Gasteiger partial charge in [0, 0.05) is 16.9 Å². The molecule has 3 atom stereocenters. The summed E-state index contributed by atoms with van der Waals surface area (Å²) in [6.45, 7) is -0.264. The predicted octanol–water partition coefficient (Wildman–Crippen LogP) is 2.04. The van der Waals surface area contributed by atoms with Crippen LogP contribution in [-0.2, 0) is 4.74 Å². The Bertz CT molecular complexity index is 1050. The summed E-state index contributed by atoms with van der Waals surface area (Å²) < 4.78 is 7.45. The lowest BCUT2D eigenvalue weighted by Crippen LogP contribution is -2.22. The van der Waals surface area contributed by atoms with Crippen LogP contribution in [0.15, 0.2) is 48.1 Å². The number of aliphatic hydroxyl groups is 1. The van der Waals surface area contributed by atoms with E-state index in [1.807, 2.05) is 6.07 Å². The van der Waals surface area contributed by atoms with Crippen LogP contribution in [-0.4, -0.2) is 49.3 Å². The summed E-state index contributed by atoms with van der Waals surface area (Å²) in [7, 11) is 0. The number of hydrogen-bond donors (Lipinski definition) is 2. The van der Waals surface area contributed by atoms with Gasteiger partial charge in [-0.15, -0.1) is 0 Å². The number of ether oxygens (including phenoxy) is 1. The molecule has 4 rings (SSSR count). The number of amides is 1. The molecule has 2 aromatic heterocycles. The van der Waals surface area contributed by atoms with E-state index in [1.165, 1.54) is 12.7 Å². The number of carbonyl (C=O) groups excluding carboxylic acids is 1. The zero-order chi connectivity index (χ0) is 19.5. The number of benzene rings is 1. The molecule has 11 heteroatoms. The molecule has 0 saturated carbocycles. The summed E-state index contributed by atoms with van der Waals surface area (Å²) in [4.78, 5) is 27.9. The van der Waals surface area contributed by atoms with Crippen molar-refractivity contribution in [3.8, 4) is 0 Å². The number of nitrogens with zero attached hydrogens (tertiary/aromatic N) is 7. The maximum absolute atomic E-state index is 12.4. The zero-order valence-electron chi connectivity index (χ0n) is 14.6. The highest BCUT2D eigenvalue weighted by atomic mass is 16.5. The third-order valence-corrected chi connectivity index (χ3v) is 4.52. The van der Waals surface area contributed by atoms with E-state index in [9.17, 15) is 9.90 Å². The minimum atomic E-state index is -0.600. The summed E-state index contributed by atoms with van der Waals surface area (Å²) >= 11 is 0. The van der Waals surface area contributed by atoms with Crippen molar-refractivity contribution in [3.63, 3.8) is 0 Å². The molecule has 0 spiro atoms. The second-order valence-corrected chi connectivity index (χ2v) is 6.19. The number of hydrogen-bond acceptors (Lipinski definition) is 7. The highest BCUT2D eigenvalue weighted by Crippen LogP contribution is 2.33. The molecule has 28 heavy (non-hydrogen) atoms. The van der Waals surface area contributed by atoms with E-state index in [4.69, 9.17) is 10.3 Å². The number of fused-ring (bicyclic) bond motifs is 1. The Balaban J connectivity index is 1.62. The molecule has 1 aliphatic heterocycles. The molecule has 1 aromatic carbocycles. The Morgan fingerprint density at radius 2 is 2.18 bits per heavy atom. The van der Waals surface area contributed by atoms with E-state index in [0.717, 1.165) is 0 Å². The second-order valence-electron chi connectivity index (χ2n) is 6.19. The fraction of sp³-hybridized carbons (Fsp3) is 0.294. The van der Waals surface area contributed by atoms with Gasteiger partial charge in [-0.1, -0.05) is 23.3 Å². The smallest absolute Gasteiger partial charge is 0.256 e. The number of aliphatic hydroxyl groups excluding tert-OH is 1. The number of anilines is 1. The topological polar surface area (TPSA) is 151 Å². The molecule has 11 nitrogen and oxygen atoms in total. The highest BCUT2D eigenvalue weighted by molar-refractivity contribution is 6.06. The lowest BCUT2D eigenvalue weighted by Gasteiger charge is -2.14. The Morgan fingerprint density at radius 1 is 1.36 bits per heavy atom. The van der Waals surface area contributed by atoms with Gasteiger partial charge in [0.2, 0.25) is 0 Å². The van der Waals surface area contributed by atoms with Gasteiger partial charge in [-0.3, -0.25) is 9.36 Å². The molecule has 0 bridgehead atoms. The minimum Gasteiger partial charge on any atom is -0.394 e. The molecule has 1 amide bonds. The summed E-state index contributed by atoms with van der Waals surface area (Å²) in [5.41, 5.74) is 10.0. The average molecular weight is 380 g/mol. The van der Waals surface area contributed by atoms with E-state index >= 15 is 0 Å². The van der Waals surface area contributed by atoms with Gasteiger partial charge in [-0.25, -0.2) is 15.0 Å². The normalized spacial score (nSPS) is 21.4.